The fourth-order valence-corrected chi connectivity index (χ4v) is 5.19. The van der Waals surface area contributed by atoms with E-state index in [0.29, 0.717) is 18.8 Å². The van der Waals surface area contributed by atoms with Gasteiger partial charge in [-0.1, -0.05) is 18.6 Å². The predicted octanol–water partition coefficient (Wildman–Crippen LogP) is 4.36. The minimum Gasteiger partial charge on any atom is -0.489 e. The molecular weight excluding hydrogens is 513 g/mol. The molecule has 1 aliphatic heterocycles. The van der Waals surface area contributed by atoms with Crippen molar-refractivity contribution in [3.63, 3.8) is 0 Å². The molecule has 2 fully saturated rings. The minimum atomic E-state index is -0.314. The Balaban J connectivity index is 1.35. The number of ether oxygens (including phenoxy) is 1. The van der Waals surface area contributed by atoms with Crippen LogP contribution in [0.15, 0.2) is 34.9 Å². The fourth-order valence-electron chi connectivity index (χ4n) is 4.88. The number of alkyl halides is 1. The Kier molecular flexibility index (Phi) is 8.94. The van der Waals surface area contributed by atoms with Gasteiger partial charge in [0.2, 0.25) is 5.91 Å². The zero-order valence-corrected chi connectivity index (χ0v) is 22.1. The topological polar surface area (TPSA) is 79.4 Å². The first-order valence-electron chi connectivity index (χ1n) is 12.5. The van der Waals surface area contributed by atoms with E-state index in [1.54, 1.807) is 6.20 Å². The van der Waals surface area contributed by atoms with Gasteiger partial charge in [0.05, 0.1) is 10.4 Å². The van der Waals surface area contributed by atoms with Crippen LogP contribution in [0.25, 0.3) is 0 Å². The van der Waals surface area contributed by atoms with Crippen LogP contribution in [0.2, 0.25) is 0 Å². The number of carbonyl (C=O) groups is 1. The number of benzene rings is 1. The molecule has 9 heteroatoms. The molecular formula is C26H35BrFN5O2. The second-order valence-electron chi connectivity index (χ2n) is 9.77. The van der Waals surface area contributed by atoms with Crippen molar-refractivity contribution in [2.75, 3.05) is 31.6 Å². The van der Waals surface area contributed by atoms with Gasteiger partial charge in [-0.15, -0.1) is 0 Å². The van der Waals surface area contributed by atoms with E-state index in [-0.39, 0.29) is 36.7 Å². The average Bonchev–Trinajstić information content (AvgIpc) is 3.47. The second kappa shape index (κ2) is 12.1. The molecule has 3 atom stereocenters. The summed E-state index contributed by atoms with van der Waals surface area (Å²) in [6, 6.07) is 8.20. The first-order valence-corrected chi connectivity index (χ1v) is 13.3. The van der Waals surface area contributed by atoms with E-state index < -0.39 is 0 Å². The lowest BCUT2D eigenvalue weighted by atomic mass is 10.0. The number of nitrogens with one attached hydrogen (secondary N) is 2. The molecule has 7 nitrogen and oxygen atoms in total. The number of hydrogen-bond donors (Lipinski definition) is 2. The zero-order chi connectivity index (χ0) is 24.8. The van der Waals surface area contributed by atoms with Crippen LogP contribution < -0.4 is 15.4 Å². The summed E-state index contributed by atoms with van der Waals surface area (Å²) in [5, 5.41) is 6.54. The zero-order valence-electron chi connectivity index (χ0n) is 20.5. The lowest BCUT2D eigenvalue weighted by Crippen LogP contribution is -2.41. The van der Waals surface area contributed by atoms with Crippen LogP contribution in [0.4, 0.5) is 10.2 Å². The molecule has 1 aromatic heterocycles. The molecule has 1 amide bonds. The average molecular weight is 549 g/mol. The summed E-state index contributed by atoms with van der Waals surface area (Å²) in [5.74, 6) is 2.31. The molecule has 0 bridgehead atoms. The lowest BCUT2D eigenvalue weighted by Gasteiger charge is -2.22. The van der Waals surface area contributed by atoms with Gasteiger partial charge in [-0.25, -0.2) is 14.4 Å². The summed E-state index contributed by atoms with van der Waals surface area (Å²) in [6.45, 7) is 5.79. The Labute approximate surface area is 215 Å². The number of amides is 1. The normalized spacial score (nSPS) is 22.5. The van der Waals surface area contributed by atoms with Gasteiger partial charge >= 0.3 is 0 Å². The molecule has 190 valence electrons. The maximum Gasteiger partial charge on any atom is 0.225 e. The number of rotatable bonds is 10. The van der Waals surface area contributed by atoms with Crippen molar-refractivity contribution in [1.29, 1.82) is 0 Å². The number of nitrogens with zero attached hydrogens (tertiary/aromatic N) is 3. The smallest absolute Gasteiger partial charge is 0.225 e. The molecule has 4 rings (SSSR count). The number of carbonyl (C=O) groups excluding carboxylic acids is 1. The second-order valence-corrected chi connectivity index (χ2v) is 10.6. The van der Waals surface area contributed by atoms with Crippen molar-refractivity contribution < 1.29 is 13.9 Å². The van der Waals surface area contributed by atoms with Crippen LogP contribution in [-0.4, -0.2) is 65.3 Å². The SMILES string of the molecule is CC(C)NC(=O)[C@H]1CCC[C@@H]1Nc1nc(Cc2ccc(O[C@@H]3CCN(CCF)C3)cc2)ncc1Br. The lowest BCUT2D eigenvalue weighted by molar-refractivity contribution is -0.125. The monoisotopic (exact) mass is 547 g/mol. The summed E-state index contributed by atoms with van der Waals surface area (Å²) in [7, 11) is 0. The van der Waals surface area contributed by atoms with Gasteiger partial charge in [-0.3, -0.25) is 9.69 Å². The summed E-state index contributed by atoms with van der Waals surface area (Å²) < 4.78 is 19.4. The van der Waals surface area contributed by atoms with Crippen molar-refractivity contribution in [2.45, 2.75) is 64.1 Å². The number of likely N-dealkylation sites (tertiary alicyclic amines) is 1. The van der Waals surface area contributed by atoms with Gasteiger partial charge in [0.15, 0.2) is 0 Å². The summed E-state index contributed by atoms with van der Waals surface area (Å²) in [6.07, 6.45) is 6.24. The maximum atomic E-state index is 12.6. The van der Waals surface area contributed by atoms with Gasteiger partial charge in [0.25, 0.3) is 0 Å². The van der Waals surface area contributed by atoms with Gasteiger partial charge in [-0.2, -0.15) is 0 Å². The van der Waals surface area contributed by atoms with Crippen LogP contribution in [0.5, 0.6) is 5.75 Å². The largest absolute Gasteiger partial charge is 0.489 e. The van der Waals surface area contributed by atoms with E-state index in [1.807, 2.05) is 38.1 Å². The number of halogens is 2. The molecule has 0 radical (unpaired) electrons. The first kappa shape index (κ1) is 25.8. The minimum absolute atomic E-state index is 0.0562. The molecule has 0 unspecified atom stereocenters. The Morgan fingerprint density at radius 1 is 1.26 bits per heavy atom. The van der Waals surface area contributed by atoms with E-state index in [9.17, 15) is 9.18 Å². The van der Waals surface area contributed by atoms with Crippen LogP contribution in [0.3, 0.4) is 0 Å². The highest BCUT2D eigenvalue weighted by atomic mass is 79.9. The summed E-state index contributed by atoms with van der Waals surface area (Å²) in [5.41, 5.74) is 1.09. The molecule has 2 aromatic rings. The fraction of sp³-hybridized carbons (Fsp3) is 0.577. The first-order chi connectivity index (χ1) is 16.9. The van der Waals surface area contributed by atoms with E-state index in [2.05, 4.69) is 36.4 Å². The van der Waals surface area contributed by atoms with Crippen LogP contribution >= 0.6 is 15.9 Å². The third kappa shape index (κ3) is 7.13. The van der Waals surface area contributed by atoms with E-state index in [0.717, 1.165) is 60.4 Å². The van der Waals surface area contributed by atoms with Crippen LogP contribution in [0, 0.1) is 5.92 Å². The van der Waals surface area contributed by atoms with Crippen molar-refractivity contribution >= 4 is 27.7 Å². The molecule has 2 heterocycles. The highest BCUT2D eigenvalue weighted by Crippen LogP contribution is 2.31. The standard InChI is InChI=1S/C26H35BrFN5O2/c1-17(2)30-26(34)21-4-3-5-23(21)31-25-22(27)15-29-24(32-25)14-18-6-8-19(9-7-18)35-20-10-12-33(16-20)13-11-28/h6-9,15,17,20-21,23H,3-5,10-14,16H2,1-2H3,(H,30,34)(H,29,31,32)/t20-,21+,23+/m1/s1. The summed E-state index contributed by atoms with van der Waals surface area (Å²) in [4.78, 5) is 23.9. The third-order valence-electron chi connectivity index (χ3n) is 6.62. The molecule has 35 heavy (non-hydrogen) atoms. The maximum absolute atomic E-state index is 12.6. The molecule has 0 spiro atoms. The molecule has 2 N–H and O–H groups in total. The number of hydrogen-bond acceptors (Lipinski definition) is 6. The van der Waals surface area contributed by atoms with Crippen molar-refractivity contribution in [1.82, 2.24) is 20.2 Å². The Hall–Kier alpha value is -2.26. The van der Waals surface area contributed by atoms with Gasteiger partial charge in [0.1, 0.15) is 30.2 Å². The third-order valence-corrected chi connectivity index (χ3v) is 7.20. The van der Waals surface area contributed by atoms with Crippen molar-refractivity contribution in [2.24, 2.45) is 5.92 Å². The van der Waals surface area contributed by atoms with Gasteiger partial charge in [-0.05, 0) is 66.7 Å². The molecule has 1 saturated heterocycles. The van der Waals surface area contributed by atoms with Crippen molar-refractivity contribution in [3.05, 3.63) is 46.3 Å². The van der Waals surface area contributed by atoms with Crippen LogP contribution in [-0.2, 0) is 11.2 Å². The molecule has 1 saturated carbocycles. The molecule has 2 aliphatic rings. The van der Waals surface area contributed by atoms with Gasteiger partial charge in [0, 0.05) is 44.3 Å². The highest BCUT2D eigenvalue weighted by Gasteiger charge is 2.33. The number of aromatic nitrogens is 2. The van der Waals surface area contributed by atoms with E-state index >= 15 is 0 Å². The van der Waals surface area contributed by atoms with Crippen molar-refractivity contribution in [3.8, 4) is 5.75 Å². The van der Waals surface area contributed by atoms with E-state index in [4.69, 9.17) is 9.72 Å². The molecule has 1 aromatic carbocycles. The van der Waals surface area contributed by atoms with Crippen LogP contribution in [0.1, 0.15) is 50.9 Å². The highest BCUT2D eigenvalue weighted by molar-refractivity contribution is 9.10. The Bertz CT molecular complexity index is 990. The Morgan fingerprint density at radius 2 is 2.06 bits per heavy atom. The van der Waals surface area contributed by atoms with Gasteiger partial charge < -0.3 is 15.4 Å². The van der Waals surface area contributed by atoms with E-state index in [1.165, 1.54) is 0 Å². The Morgan fingerprint density at radius 3 is 2.80 bits per heavy atom. The predicted molar refractivity (Wildman–Crippen MR) is 138 cm³/mol. The summed E-state index contributed by atoms with van der Waals surface area (Å²) >= 11 is 3.56. The molecule has 1 aliphatic carbocycles. The quantitative estimate of drug-likeness (QED) is 0.460. The number of anilines is 1.